The molecule has 0 saturated heterocycles. The summed E-state index contributed by atoms with van der Waals surface area (Å²) < 4.78 is 13.5. The highest BCUT2D eigenvalue weighted by Crippen LogP contribution is 2.20. The Morgan fingerprint density at radius 2 is 2.00 bits per heavy atom. The van der Waals surface area contributed by atoms with Crippen LogP contribution in [-0.2, 0) is 6.54 Å². The van der Waals surface area contributed by atoms with Crippen molar-refractivity contribution in [1.82, 2.24) is 15.2 Å². The molecule has 0 aliphatic carbocycles. The van der Waals surface area contributed by atoms with Crippen LogP contribution >= 0.6 is 0 Å². The zero-order valence-corrected chi connectivity index (χ0v) is 14.0. The van der Waals surface area contributed by atoms with E-state index in [1.807, 2.05) is 6.92 Å². The molecule has 1 N–H and O–H groups in total. The first kappa shape index (κ1) is 17.9. The summed E-state index contributed by atoms with van der Waals surface area (Å²) in [6.45, 7) is 10.7. The number of hydrogen-bond acceptors (Lipinski definition) is 4. The predicted octanol–water partition coefficient (Wildman–Crippen LogP) is 2.35. The number of halogens is 1. The van der Waals surface area contributed by atoms with E-state index in [2.05, 4.69) is 48.0 Å². The van der Waals surface area contributed by atoms with Gasteiger partial charge in [-0.3, -0.25) is 0 Å². The fourth-order valence-corrected chi connectivity index (χ4v) is 2.19. The van der Waals surface area contributed by atoms with E-state index in [9.17, 15) is 4.39 Å². The second-order valence-corrected chi connectivity index (χ2v) is 6.06. The third-order valence-corrected chi connectivity index (χ3v) is 3.18. The quantitative estimate of drug-likeness (QED) is 0.758. The maximum Gasteiger partial charge on any atom is 0.141 e. The third-order valence-electron chi connectivity index (χ3n) is 3.18. The van der Waals surface area contributed by atoms with Crippen molar-refractivity contribution in [2.45, 2.75) is 27.3 Å². The summed E-state index contributed by atoms with van der Waals surface area (Å²) in [7, 11) is 4.12. The Balaban J connectivity index is 2.97. The van der Waals surface area contributed by atoms with Crippen LogP contribution in [0.5, 0.6) is 0 Å². The smallest absolute Gasteiger partial charge is 0.141 e. The molecule has 1 heterocycles. The number of aromatic nitrogens is 1. The summed E-state index contributed by atoms with van der Waals surface area (Å²) in [5.74, 6) is 1.16. The van der Waals surface area contributed by atoms with E-state index in [0.717, 1.165) is 37.6 Å². The Labute approximate surface area is 128 Å². The lowest BCUT2D eigenvalue weighted by Gasteiger charge is -2.29. The van der Waals surface area contributed by atoms with E-state index in [0.29, 0.717) is 12.5 Å². The van der Waals surface area contributed by atoms with Crippen LogP contribution in [0.3, 0.4) is 0 Å². The molecule has 0 aliphatic heterocycles. The Kier molecular flexibility index (Phi) is 7.61. The molecule has 0 atom stereocenters. The number of rotatable bonds is 9. The fourth-order valence-electron chi connectivity index (χ4n) is 2.19. The highest BCUT2D eigenvalue weighted by molar-refractivity contribution is 5.47. The van der Waals surface area contributed by atoms with Gasteiger partial charge in [0.25, 0.3) is 0 Å². The molecule has 120 valence electrons. The van der Waals surface area contributed by atoms with Crippen LogP contribution in [-0.4, -0.2) is 50.2 Å². The van der Waals surface area contributed by atoms with E-state index in [4.69, 9.17) is 0 Å². The summed E-state index contributed by atoms with van der Waals surface area (Å²) in [4.78, 5) is 8.77. The minimum atomic E-state index is -0.274. The maximum atomic E-state index is 13.5. The average Bonchev–Trinajstić information content (AvgIpc) is 2.41. The van der Waals surface area contributed by atoms with Crippen molar-refractivity contribution in [3.63, 3.8) is 0 Å². The van der Waals surface area contributed by atoms with Crippen LogP contribution in [0.1, 0.15) is 26.3 Å². The van der Waals surface area contributed by atoms with Crippen LogP contribution < -0.4 is 10.2 Å². The molecule has 0 aliphatic rings. The molecule has 5 heteroatoms. The monoisotopic (exact) mass is 296 g/mol. The van der Waals surface area contributed by atoms with Gasteiger partial charge in [0.15, 0.2) is 0 Å². The average molecular weight is 296 g/mol. The van der Waals surface area contributed by atoms with Gasteiger partial charge in [0, 0.05) is 31.7 Å². The first-order valence-corrected chi connectivity index (χ1v) is 7.68. The predicted molar refractivity (Wildman–Crippen MR) is 87.2 cm³/mol. The molecule has 0 fully saturated rings. The maximum absolute atomic E-state index is 13.5. The Bertz CT molecular complexity index is 421. The van der Waals surface area contributed by atoms with E-state index in [1.54, 1.807) is 6.07 Å². The summed E-state index contributed by atoms with van der Waals surface area (Å²) in [5, 5.41) is 3.26. The second kappa shape index (κ2) is 8.95. The van der Waals surface area contributed by atoms with Crippen molar-refractivity contribution in [3.05, 3.63) is 23.6 Å². The fraction of sp³-hybridized carbons (Fsp3) is 0.688. The van der Waals surface area contributed by atoms with Crippen LogP contribution in [0.2, 0.25) is 0 Å². The number of nitrogens with one attached hydrogen (secondary N) is 1. The van der Waals surface area contributed by atoms with Crippen LogP contribution in [0.25, 0.3) is 0 Å². The van der Waals surface area contributed by atoms with E-state index in [1.165, 1.54) is 6.20 Å². The van der Waals surface area contributed by atoms with Gasteiger partial charge < -0.3 is 15.1 Å². The largest absolute Gasteiger partial charge is 0.355 e. The lowest BCUT2D eigenvalue weighted by molar-refractivity contribution is 0.408. The van der Waals surface area contributed by atoms with Gasteiger partial charge in [-0.2, -0.15) is 0 Å². The first-order chi connectivity index (χ1) is 9.93. The van der Waals surface area contributed by atoms with Crippen molar-refractivity contribution < 1.29 is 4.39 Å². The number of nitrogens with zero attached hydrogens (tertiary/aromatic N) is 3. The van der Waals surface area contributed by atoms with Gasteiger partial charge in [-0.1, -0.05) is 20.8 Å². The van der Waals surface area contributed by atoms with E-state index in [-0.39, 0.29) is 5.82 Å². The van der Waals surface area contributed by atoms with Crippen molar-refractivity contribution in [3.8, 4) is 0 Å². The van der Waals surface area contributed by atoms with Crippen molar-refractivity contribution in [2.24, 2.45) is 5.92 Å². The van der Waals surface area contributed by atoms with Crippen molar-refractivity contribution in [2.75, 3.05) is 45.2 Å². The summed E-state index contributed by atoms with van der Waals surface area (Å²) in [5.41, 5.74) is 0.927. The second-order valence-electron chi connectivity index (χ2n) is 6.06. The summed E-state index contributed by atoms with van der Waals surface area (Å²) >= 11 is 0. The molecule has 1 aromatic rings. The van der Waals surface area contributed by atoms with Crippen molar-refractivity contribution in [1.29, 1.82) is 0 Å². The molecule has 0 aromatic carbocycles. The standard InChI is InChI=1S/C16H29FN4/c1-6-18-10-14-9-15(17)11-19-16(14)21(12-13(2)3)8-7-20(4)5/h9,11,13,18H,6-8,10,12H2,1-5H3. The lowest BCUT2D eigenvalue weighted by atomic mass is 10.1. The molecule has 4 nitrogen and oxygen atoms in total. The molecule has 1 aromatic heterocycles. The molecular weight excluding hydrogens is 267 g/mol. The van der Waals surface area contributed by atoms with Crippen LogP contribution in [0.15, 0.2) is 12.3 Å². The topological polar surface area (TPSA) is 31.4 Å². The SMILES string of the molecule is CCNCc1cc(F)cnc1N(CCN(C)C)CC(C)C. The number of likely N-dealkylation sites (N-methyl/N-ethyl adjacent to an activating group) is 1. The van der Waals surface area contributed by atoms with Gasteiger partial charge in [-0.15, -0.1) is 0 Å². The van der Waals surface area contributed by atoms with Gasteiger partial charge in [0.1, 0.15) is 11.6 Å². The zero-order valence-electron chi connectivity index (χ0n) is 14.0. The molecule has 0 radical (unpaired) electrons. The molecule has 0 amide bonds. The Morgan fingerprint density at radius 1 is 1.29 bits per heavy atom. The third kappa shape index (κ3) is 6.40. The summed E-state index contributed by atoms with van der Waals surface area (Å²) in [6, 6.07) is 1.59. The first-order valence-electron chi connectivity index (χ1n) is 7.68. The normalized spacial score (nSPS) is 11.4. The highest BCUT2D eigenvalue weighted by Gasteiger charge is 2.15. The molecule has 1 rings (SSSR count). The highest BCUT2D eigenvalue weighted by atomic mass is 19.1. The molecule has 0 bridgehead atoms. The molecule has 21 heavy (non-hydrogen) atoms. The molecular formula is C16H29FN4. The van der Waals surface area contributed by atoms with Crippen LogP contribution in [0, 0.1) is 11.7 Å². The number of pyridine rings is 1. The Hall–Kier alpha value is -1.20. The van der Waals surface area contributed by atoms with Gasteiger partial charge in [-0.05, 0) is 32.6 Å². The number of hydrogen-bond donors (Lipinski definition) is 1. The van der Waals surface area contributed by atoms with Crippen LogP contribution in [0.4, 0.5) is 10.2 Å². The minimum Gasteiger partial charge on any atom is -0.355 e. The van der Waals surface area contributed by atoms with E-state index >= 15 is 0 Å². The minimum absolute atomic E-state index is 0.274. The van der Waals surface area contributed by atoms with Gasteiger partial charge in [0.2, 0.25) is 0 Å². The number of anilines is 1. The van der Waals surface area contributed by atoms with Gasteiger partial charge >= 0.3 is 0 Å². The Morgan fingerprint density at radius 3 is 2.57 bits per heavy atom. The lowest BCUT2D eigenvalue weighted by Crippen LogP contribution is -2.36. The zero-order chi connectivity index (χ0) is 15.8. The summed E-state index contributed by atoms with van der Waals surface area (Å²) in [6.07, 6.45) is 1.31. The molecule has 0 saturated carbocycles. The van der Waals surface area contributed by atoms with Crippen molar-refractivity contribution >= 4 is 5.82 Å². The van der Waals surface area contributed by atoms with Gasteiger partial charge in [-0.25, -0.2) is 9.37 Å². The van der Waals surface area contributed by atoms with E-state index < -0.39 is 0 Å². The van der Waals surface area contributed by atoms with Gasteiger partial charge in [0.05, 0.1) is 6.20 Å². The molecule has 0 unspecified atom stereocenters. The molecule has 0 spiro atoms.